The van der Waals surface area contributed by atoms with Gasteiger partial charge in [-0.25, -0.2) is 0 Å². The molecule has 2 aromatic rings. The van der Waals surface area contributed by atoms with Gasteiger partial charge in [0.2, 0.25) is 23.1 Å². The van der Waals surface area contributed by atoms with Gasteiger partial charge in [0.05, 0.1) is 14.2 Å². The van der Waals surface area contributed by atoms with E-state index < -0.39 is 0 Å². The van der Waals surface area contributed by atoms with Gasteiger partial charge in [0.1, 0.15) is 0 Å². The zero-order valence-corrected chi connectivity index (χ0v) is 13.0. The summed E-state index contributed by atoms with van der Waals surface area (Å²) in [5.74, 6) is -0.734. The molecule has 0 saturated heterocycles. The largest absolute Gasteiger partial charge is 0.489 e. The smallest absolute Gasteiger partial charge is 0.232 e. The third-order valence-electron chi connectivity index (χ3n) is 3.85. The molecule has 3 rings (SSSR count). The number of rotatable bonds is 4. The number of hydrogen-bond donors (Lipinski definition) is 0. The molecule has 0 bridgehead atoms. The Bertz CT molecular complexity index is 803. The van der Waals surface area contributed by atoms with E-state index in [1.165, 1.54) is 14.2 Å². The Morgan fingerprint density at radius 1 is 0.739 bits per heavy atom. The summed E-state index contributed by atoms with van der Waals surface area (Å²) in [5, 5.41) is 0. The van der Waals surface area contributed by atoms with Gasteiger partial charge in [-0.2, -0.15) is 0 Å². The van der Waals surface area contributed by atoms with E-state index in [2.05, 4.69) is 0 Å². The first-order valence-corrected chi connectivity index (χ1v) is 7.24. The molecule has 1 aliphatic carbocycles. The Balaban J connectivity index is 2.01. The van der Waals surface area contributed by atoms with Crippen molar-refractivity contribution in [2.45, 2.75) is 6.42 Å². The fraction of sp³-hybridized carbons (Fsp3) is 0.158. The van der Waals surface area contributed by atoms with Crippen molar-refractivity contribution in [2.24, 2.45) is 0 Å². The summed E-state index contributed by atoms with van der Waals surface area (Å²) in [7, 11) is 2.71. The van der Waals surface area contributed by atoms with Crippen LogP contribution in [-0.2, 0) is 15.9 Å². The van der Waals surface area contributed by atoms with Crippen LogP contribution in [0.4, 0.5) is 0 Å². The predicted molar refractivity (Wildman–Crippen MR) is 85.4 cm³/mol. The minimum atomic E-state index is -0.329. The number of carbonyl (C=O) groups excluding carboxylic acids is 2. The first kappa shape index (κ1) is 15.0. The summed E-state index contributed by atoms with van der Waals surface area (Å²) in [6.45, 7) is 0. The molecule has 0 radical (unpaired) electrons. The number of fused-ring (bicyclic) bond motifs is 1. The molecule has 0 heterocycles. The zero-order chi connectivity index (χ0) is 16.4. The summed E-state index contributed by atoms with van der Waals surface area (Å²) in [5.41, 5.74) is 2.82. The fourth-order valence-electron chi connectivity index (χ4n) is 2.74. The molecule has 0 amide bonds. The van der Waals surface area contributed by atoms with Crippen LogP contribution in [0.25, 0.3) is 0 Å². The highest BCUT2D eigenvalue weighted by atomic mass is 16.5. The number of allylic oxidation sites excluding steroid dienone is 2. The van der Waals surface area contributed by atoms with E-state index in [1.54, 1.807) is 12.1 Å². The van der Waals surface area contributed by atoms with Crippen molar-refractivity contribution < 1.29 is 19.1 Å². The van der Waals surface area contributed by atoms with Gasteiger partial charge >= 0.3 is 0 Å². The molecular formula is C19H16O4. The van der Waals surface area contributed by atoms with Crippen molar-refractivity contribution in [1.29, 1.82) is 0 Å². The van der Waals surface area contributed by atoms with Crippen molar-refractivity contribution in [3.05, 3.63) is 82.3 Å². The number of benzene rings is 2. The highest BCUT2D eigenvalue weighted by Gasteiger charge is 2.34. The van der Waals surface area contributed by atoms with Crippen LogP contribution in [-0.4, -0.2) is 25.8 Å². The molecule has 4 nitrogen and oxygen atoms in total. The molecule has 0 unspecified atom stereocenters. The van der Waals surface area contributed by atoms with E-state index in [1.807, 2.05) is 36.4 Å². The van der Waals surface area contributed by atoms with E-state index in [-0.39, 0.29) is 23.1 Å². The molecule has 0 N–H and O–H groups in total. The number of ether oxygens (including phenoxy) is 2. The third-order valence-corrected chi connectivity index (χ3v) is 3.85. The summed E-state index contributed by atoms with van der Waals surface area (Å²) >= 11 is 0. The average Bonchev–Trinajstić information content (AvgIpc) is 2.58. The highest BCUT2D eigenvalue weighted by Crippen LogP contribution is 2.28. The number of carbonyl (C=O) groups is 2. The topological polar surface area (TPSA) is 52.6 Å². The first-order valence-electron chi connectivity index (χ1n) is 7.24. The van der Waals surface area contributed by atoms with Crippen molar-refractivity contribution in [3.8, 4) is 0 Å². The summed E-state index contributed by atoms with van der Waals surface area (Å²) < 4.78 is 10.1. The van der Waals surface area contributed by atoms with Gasteiger partial charge in [0.25, 0.3) is 0 Å². The number of ketones is 2. The second kappa shape index (κ2) is 6.08. The van der Waals surface area contributed by atoms with Crippen LogP contribution >= 0.6 is 0 Å². The second-order valence-corrected chi connectivity index (χ2v) is 5.27. The molecule has 2 aromatic carbocycles. The summed E-state index contributed by atoms with van der Waals surface area (Å²) in [6.07, 6.45) is 0.693. The molecule has 0 saturated carbocycles. The molecule has 116 valence electrons. The van der Waals surface area contributed by atoms with Crippen molar-refractivity contribution in [3.63, 3.8) is 0 Å². The van der Waals surface area contributed by atoms with Crippen LogP contribution in [0.1, 0.15) is 31.8 Å². The fourth-order valence-corrected chi connectivity index (χ4v) is 2.74. The lowest BCUT2D eigenvalue weighted by Crippen LogP contribution is -2.24. The van der Waals surface area contributed by atoms with Gasteiger partial charge < -0.3 is 9.47 Å². The molecular weight excluding hydrogens is 292 g/mol. The van der Waals surface area contributed by atoms with Crippen LogP contribution in [0, 0.1) is 0 Å². The lowest BCUT2D eigenvalue weighted by molar-refractivity contribution is 0.0829. The Morgan fingerprint density at radius 3 is 1.96 bits per heavy atom. The standard InChI is InChI=1S/C19H16O4/c1-22-18-16(20)14-9-8-13(10-12-6-4-3-5-7-12)11-15(14)17(21)19(18)23-2/h3-9,11H,10H2,1-2H3. The molecule has 0 spiro atoms. The molecule has 0 fully saturated rings. The highest BCUT2D eigenvalue weighted by molar-refractivity contribution is 6.25. The third kappa shape index (κ3) is 2.63. The maximum absolute atomic E-state index is 12.6. The van der Waals surface area contributed by atoms with E-state index in [4.69, 9.17) is 9.47 Å². The quantitative estimate of drug-likeness (QED) is 0.870. The van der Waals surface area contributed by atoms with Crippen LogP contribution in [0.15, 0.2) is 60.0 Å². The predicted octanol–water partition coefficient (Wildman–Crippen LogP) is 3.16. The zero-order valence-electron chi connectivity index (χ0n) is 13.0. The number of hydrogen-bond acceptors (Lipinski definition) is 4. The molecule has 1 aliphatic rings. The number of Topliss-reactive ketones (excluding diaryl/α,β-unsaturated/α-hetero) is 2. The van der Waals surface area contributed by atoms with Crippen LogP contribution in [0.3, 0.4) is 0 Å². The van der Waals surface area contributed by atoms with Gasteiger partial charge in [0, 0.05) is 11.1 Å². The number of methoxy groups -OCH3 is 2. The van der Waals surface area contributed by atoms with Gasteiger partial charge in [0.15, 0.2) is 0 Å². The average molecular weight is 308 g/mol. The summed E-state index contributed by atoms with van der Waals surface area (Å²) in [6, 6.07) is 15.2. The van der Waals surface area contributed by atoms with E-state index >= 15 is 0 Å². The molecule has 23 heavy (non-hydrogen) atoms. The van der Waals surface area contributed by atoms with Crippen LogP contribution in [0.2, 0.25) is 0 Å². The summed E-state index contributed by atoms with van der Waals surface area (Å²) in [4.78, 5) is 25.0. The van der Waals surface area contributed by atoms with E-state index in [9.17, 15) is 9.59 Å². The molecule has 4 heteroatoms. The van der Waals surface area contributed by atoms with Gasteiger partial charge in [-0.1, -0.05) is 36.4 Å². The molecule has 0 atom stereocenters. The lowest BCUT2D eigenvalue weighted by atomic mass is 9.89. The van der Waals surface area contributed by atoms with Gasteiger partial charge in [-0.05, 0) is 29.7 Å². The van der Waals surface area contributed by atoms with Crippen molar-refractivity contribution >= 4 is 11.6 Å². The van der Waals surface area contributed by atoms with Gasteiger partial charge in [-0.15, -0.1) is 0 Å². The maximum Gasteiger partial charge on any atom is 0.232 e. The maximum atomic E-state index is 12.6. The first-order chi connectivity index (χ1) is 11.2. The SMILES string of the molecule is COC1=C(OC)C(=O)c2cc(Cc3ccccc3)ccc2C1=O. The van der Waals surface area contributed by atoms with Gasteiger partial charge in [-0.3, -0.25) is 9.59 Å². The Morgan fingerprint density at radius 2 is 1.35 bits per heavy atom. The van der Waals surface area contributed by atoms with E-state index in [0.29, 0.717) is 17.5 Å². The molecule has 0 aliphatic heterocycles. The Kier molecular flexibility index (Phi) is 3.98. The van der Waals surface area contributed by atoms with Crippen molar-refractivity contribution in [1.82, 2.24) is 0 Å². The monoisotopic (exact) mass is 308 g/mol. The second-order valence-electron chi connectivity index (χ2n) is 5.27. The molecule has 0 aromatic heterocycles. The minimum Gasteiger partial charge on any atom is -0.489 e. The lowest BCUT2D eigenvalue weighted by Gasteiger charge is -2.19. The van der Waals surface area contributed by atoms with E-state index in [0.717, 1.165) is 11.1 Å². The Labute approximate surface area is 134 Å². The van der Waals surface area contributed by atoms with Crippen LogP contribution in [0.5, 0.6) is 0 Å². The minimum absolute atomic E-state index is 0.0399. The normalized spacial score (nSPS) is 13.8. The van der Waals surface area contributed by atoms with Crippen molar-refractivity contribution in [2.75, 3.05) is 14.2 Å². The van der Waals surface area contributed by atoms with Crippen LogP contribution < -0.4 is 0 Å². The Hall–Kier alpha value is -2.88.